The molecule has 0 spiro atoms. The maximum absolute atomic E-state index is 5.75. The molecule has 0 bridgehead atoms. The van der Waals surface area contributed by atoms with Crippen LogP contribution in [0.2, 0.25) is 12.1 Å². The third-order valence-corrected chi connectivity index (χ3v) is 13.2. The van der Waals surface area contributed by atoms with E-state index in [0.717, 1.165) is 6.61 Å². The van der Waals surface area contributed by atoms with Crippen LogP contribution in [0.15, 0.2) is 0 Å². The lowest BCUT2D eigenvalue weighted by Crippen LogP contribution is -2.29. The Morgan fingerprint density at radius 1 is 0.727 bits per heavy atom. The third-order valence-electron chi connectivity index (χ3n) is 5.22. The average Bonchev–Trinajstić information content (AvgIpc) is 2.56. The minimum atomic E-state index is -0.299. The van der Waals surface area contributed by atoms with Gasteiger partial charge in [0.15, 0.2) is 0 Å². The van der Waals surface area contributed by atoms with Gasteiger partial charge in [-0.15, -0.1) is 0 Å². The second kappa shape index (κ2) is 16.3. The second-order valence-corrected chi connectivity index (χ2v) is 15.6. The Morgan fingerprint density at radius 3 is 1.68 bits per heavy atom. The van der Waals surface area contributed by atoms with E-state index in [2.05, 4.69) is 6.92 Å². The molecular formula is C19H42OSi2. The van der Waals surface area contributed by atoms with Crippen LogP contribution in [0, 0.1) is 0 Å². The lowest BCUT2D eigenvalue weighted by Gasteiger charge is -2.19. The van der Waals surface area contributed by atoms with Crippen molar-refractivity contribution in [1.82, 2.24) is 0 Å². The molecule has 1 aliphatic rings. The Bertz CT molecular complexity index is 217. The van der Waals surface area contributed by atoms with Crippen molar-refractivity contribution >= 4 is 17.6 Å². The van der Waals surface area contributed by atoms with Gasteiger partial charge < -0.3 is 4.43 Å². The molecule has 1 unspecified atom stereocenters. The van der Waals surface area contributed by atoms with Crippen LogP contribution < -0.4 is 0 Å². The van der Waals surface area contributed by atoms with Gasteiger partial charge in [-0.1, -0.05) is 109 Å². The summed E-state index contributed by atoms with van der Waals surface area (Å²) in [6.07, 6.45) is 22.1. The van der Waals surface area contributed by atoms with Gasteiger partial charge in [0, 0.05) is 6.61 Å². The van der Waals surface area contributed by atoms with Gasteiger partial charge in [0.2, 0.25) is 0 Å². The predicted molar refractivity (Wildman–Crippen MR) is 106 cm³/mol. The first-order chi connectivity index (χ1) is 10.9. The minimum Gasteiger partial charge on any atom is -0.428 e. The maximum atomic E-state index is 5.75. The summed E-state index contributed by atoms with van der Waals surface area (Å²) in [7, 11) is -0.300. The van der Waals surface area contributed by atoms with E-state index < -0.39 is 0 Å². The van der Waals surface area contributed by atoms with E-state index >= 15 is 0 Å². The van der Waals surface area contributed by atoms with Crippen molar-refractivity contribution in [2.24, 2.45) is 0 Å². The standard InChI is InChI=1S/C19H42OSi2/c1-2-3-4-5-6-7-8-9-10-11-12-13-14-15-18-22-19-16-17-20-21-22/h22H,2-19,21H2,1H3. The molecule has 22 heavy (non-hydrogen) atoms. The van der Waals surface area contributed by atoms with Crippen molar-refractivity contribution in [2.45, 2.75) is 115 Å². The summed E-state index contributed by atoms with van der Waals surface area (Å²) < 4.78 is 5.75. The molecule has 0 saturated carbocycles. The van der Waals surface area contributed by atoms with Crippen LogP contribution in [0.3, 0.4) is 0 Å². The lowest BCUT2D eigenvalue weighted by molar-refractivity contribution is 0.335. The number of hydrogen-bond donors (Lipinski definition) is 0. The molecular weight excluding hydrogens is 300 g/mol. The van der Waals surface area contributed by atoms with Crippen LogP contribution in [0.25, 0.3) is 0 Å². The summed E-state index contributed by atoms with van der Waals surface area (Å²) in [4.78, 5) is 0. The largest absolute Gasteiger partial charge is 0.428 e. The van der Waals surface area contributed by atoms with E-state index in [1.807, 2.05) is 0 Å². The lowest BCUT2D eigenvalue weighted by atomic mass is 10.0. The zero-order valence-corrected chi connectivity index (χ0v) is 18.0. The average molecular weight is 343 g/mol. The Balaban J connectivity index is 1.68. The smallest absolute Gasteiger partial charge is 0.147 e. The molecule has 0 aromatic heterocycles. The number of hydrogen-bond acceptors (Lipinski definition) is 1. The Morgan fingerprint density at radius 2 is 1.23 bits per heavy atom. The van der Waals surface area contributed by atoms with Crippen molar-refractivity contribution in [3.63, 3.8) is 0 Å². The molecule has 1 saturated heterocycles. The van der Waals surface area contributed by atoms with E-state index in [-0.39, 0.29) is 17.6 Å². The molecule has 1 rings (SSSR count). The van der Waals surface area contributed by atoms with Gasteiger partial charge in [-0.25, -0.2) is 0 Å². The van der Waals surface area contributed by atoms with Gasteiger partial charge in [0.25, 0.3) is 0 Å². The maximum Gasteiger partial charge on any atom is 0.147 e. The van der Waals surface area contributed by atoms with Gasteiger partial charge in [-0.2, -0.15) is 0 Å². The highest BCUT2D eigenvalue weighted by atomic mass is 29.2. The molecule has 0 aromatic rings. The molecule has 0 aliphatic carbocycles. The molecule has 1 nitrogen and oxygen atoms in total. The Hall–Kier alpha value is 0.394. The molecule has 0 amide bonds. The van der Waals surface area contributed by atoms with Crippen LogP contribution in [0.5, 0.6) is 0 Å². The Labute approximate surface area is 144 Å². The van der Waals surface area contributed by atoms with Crippen molar-refractivity contribution < 1.29 is 4.43 Å². The summed E-state index contributed by atoms with van der Waals surface area (Å²) in [5.74, 6) is 0. The molecule has 1 aliphatic heterocycles. The van der Waals surface area contributed by atoms with E-state index in [1.165, 1.54) is 96.3 Å². The number of unbranched alkanes of at least 4 members (excludes halogenated alkanes) is 13. The molecule has 1 fully saturated rings. The molecule has 0 aromatic carbocycles. The SMILES string of the molecule is CCCCCCCCCCCCCCCC[SiH]1CCCO[SiH2]1. The van der Waals surface area contributed by atoms with Crippen molar-refractivity contribution in [3.8, 4) is 0 Å². The van der Waals surface area contributed by atoms with Crippen LogP contribution in [-0.2, 0) is 4.43 Å². The summed E-state index contributed by atoms with van der Waals surface area (Å²) in [5, 5.41) is 0. The summed E-state index contributed by atoms with van der Waals surface area (Å²) in [6.45, 7) is 3.41. The zero-order valence-electron chi connectivity index (χ0n) is 15.4. The van der Waals surface area contributed by atoms with Crippen LogP contribution in [0.1, 0.15) is 103 Å². The summed E-state index contributed by atoms with van der Waals surface area (Å²) in [5.41, 5.74) is 0. The minimum absolute atomic E-state index is 0.00189. The van der Waals surface area contributed by atoms with Crippen LogP contribution >= 0.6 is 0 Å². The first kappa shape index (κ1) is 20.4. The highest BCUT2D eigenvalue weighted by Gasteiger charge is 2.15. The molecule has 132 valence electrons. The summed E-state index contributed by atoms with van der Waals surface area (Å²) >= 11 is 0. The quantitative estimate of drug-likeness (QED) is 0.274. The third kappa shape index (κ3) is 12.9. The van der Waals surface area contributed by atoms with E-state index in [4.69, 9.17) is 4.43 Å². The summed E-state index contributed by atoms with van der Waals surface area (Å²) in [6, 6.07) is 3.23. The first-order valence-corrected chi connectivity index (χ1v) is 16.0. The highest BCUT2D eigenvalue weighted by molar-refractivity contribution is 7.10. The van der Waals surface area contributed by atoms with Gasteiger partial charge in [-0.3, -0.25) is 0 Å². The van der Waals surface area contributed by atoms with Crippen molar-refractivity contribution in [3.05, 3.63) is 0 Å². The van der Waals surface area contributed by atoms with E-state index in [1.54, 1.807) is 12.1 Å². The fraction of sp³-hybridized carbons (Fsp3) is 1.00. The molecule has 1 atom stereocenters. The van der Waals surface area contributed by atoms with E-state index in [9.17, 15) is 0 Å². The van der Waals surface area contributed by atoms with Crippen LogP contribution in [-0.4, -0.2) is 24.2 Å². The number of rotatable bonds is 15. The molecule has 3 heteroatoms. The van der Waals surface area contributed by atoms with Gasteiger partial charge in [0.05, 0.1) is 8.31 Å². The van der Waals surface area contributed by atoms with Gasteiger partial charge in [-0.05, 0) is 6.42 Å². The fourth-order valence-corrected chi connectivity index (χ4v) is 10.8. The second-order valence-electron chi connectivity index (χ2n) is 7.47. The predicted octanol–water partition coefficient (Wildman–Crippen LogP) is 5.70. The highest BCUT2D eigenvalue weighted by Crippen LogP contribution is 2.16. The normalized spacial score (nSPS) is 19.8. The fourth-order valence-electron chi connectivity index (χ4n) is 3.66. The van der Waals surface area contributed by atoms with Gasteiger partial charge >= 0.3 is 0 Å². The molecule has 0 N–H and O–H groups in total. The molecule has 0 radical (unpaired) electrons. The Kier molecular flexibility index (Phi) is 15.1. The monoisotopic (exact) mass is 342 g/mol. The van der Waals surface area contributed by atoms with Gasteiger partial charge in [0.1, 0.15) is 9.28 Å². The van der Waals surface area contributed by atoms with Crippen molar-refractivity contribution in [1.29, 1.82) is 0 Å². The van der Waals surface area contributed by atoms with Crippen LogP contribution in [0.4, 0.5) is 0 Å². The topological polar surface area (TPSA) is 9.23 Å². The van der Waals surface area contributed by atoms with E-state index in [0.29, 0.717) is 0 Å². The zero-order chi connectivity index (χ0) is 15.7. The first-order valence-electron chi connectivity index (χ1n) is 10.5. The van der Waals surface area contributed by atoms with Crippen molar-refractivity contribution in [2.75, 3.05) is 6.61 Å². The molecule has 1 heterocycles.